The van der Waals surface area contributed by atoms with Crippen LogP contribution in [0.5, 0.6) is 5.75 Å². The molecule has 0 aliphatic carbocycles. The van der Waals surface area contributed by atoms with Crippen molar-refractivity contribution in [3.63, 3.8) is 0 Å². The first-order valence-electron chi connectivity index (χ1n) is 4.70. The first kappa shape index (κ1) is 10.6. The van der Waals surface area contributed by atoms with E-state index in [2.05, 4.69) is 5.10 Å². The maximum Gasteiger partial charge on any atom is 0.121 e. The van der Waals surface area contributed by atoms with Crippen molar-refractivity contribution in [2.24, 2.45) is 5.73 Å². The Labute approximate surface area is 98.6 Å². The van der Waals surface area contributed by atoms with E-state index >= 15 is 0 Å². The number of aromatic nitrogens is 2. The third kappa shape index (κ3) is 1.90. The van der Waals surface area contributed by atoms with E-state index in [0.29, 0.717) is 4.99 Å². The second-order valence-electron chi connectivity index (χ2n) is 3.20. The van der Waals surface area contributed by atoms with Gasteiger partial charge in [0.05, 0.1) is 12.8 Å². The highest BCUT2D eigenvalue weighted by Crippen LogP contribution is 2.20. The van der Waals surface area contributed by atoms with Gasteiger partial charge in [0.2, 0.25) is 0 Å². The molecule has 0 spiro atoms. The molecule has 0 saturated heterocycles. The van der Waals surface area contributed by atoms with Gasteiger partial charge in [0.1, 0.15) is 10.7 Å². The lowest BCUT2D eigenvalue weighted by molar-refractivity contribution is 0.414. The molecule has 0 bridgehead atoms. The summed E-state index contributed by atoms with van der Waals surface area (Å²) < 4.78 is 6.87. The zero-order valence-electron chi connectivity index (χ0n) is 8.75. The Bertz CT molecular complexity index is 508. The van der Waals surface area contributed by atoms with Crippen LogP contribution >= 0.6 is 12.2 Å². The van der Waals surface area contributed by atoms with Gasteiger partial charge >= 0.3 is 0 Å². The van der Waals surface area contributed by atoms with Crippen molar-refractivity contribution < 1.29 is 4.74 Å². The van der Waals surface area contributed by atoms with E-state index in [9.17, 15) is 0 Å². The van der Waals surface area contributed by atoms with E-state index in [0.717, 1.165) is 17.0 Å². The molecule has 0 aliphatic heterocycles. The van der Waals surface area contributed by atoms with Crippen LogP contribution in [-0.4, -0.2) is 21.9 Å². The van der Waals surface area contributed by atoms with Crippen LogP contribution < -0.4 is 10.5 Å². The van der Waals surface area contributed by atoms with E-state index in [1.807, 2.05) is 30.5 Å². The molecular weight excluding hydrogens is 222 g/mol. The molecule has 0 atom stereocenters. The van der Waals surface area contributed by atoms with Crippen molar-refractivity contribution >= 4 is 17.2 Å². The summed E-state index contributed by atoms with van der Waals surface area (Å²) in [6.07, 6.45) is 3.53. The number of hydrogen-bond donors (Lipinski definition) is 1. The van der Waals surface area contributed by atoms with Crippen LogP contribution in [-0.2, 0) is 0 Å². The van der Waals surface area contributed by atoms with Crippen LogP contribution in [0.4, 0.5) is 0 Å². The highest BCUT2D eigenvalue weighted by atomic mass is 32.1. The fourth-order valence-corrected chi connectivity index (χ4v) is 1.62. The molecule has 2 rings (SSSR count). The van der Waals surface area contributed by atoms with Gasteiger partial charge in [-0.1, -0.05) is 12.2 Å². The topological polar surface area (TPSA) is 53.1 Å². The molecule has 82 valence electrons. The number of rotatable bonds is 3. The number of hydrogen-bond acceptors (Lipinski definition) is 3. The Balaban J connectivity index is 2.59. The second kappa shape index (κ2) is 4.32. The van der Waals surface area contributed by atoms with Crippen LogP contribution in [0.15, 0.2) is 36.7 Å². The fraction of sp³-hybridized carbons (Fsp3) is 0.0909. The number of nitrogens with zero attached hydrogens (tertiary/aromatic N) is 2. The van der Waals surface area contributed by atoms with Crippen LogP contribution in [0.3, 0.4) is 0 Å². The van der Waals surface area contributed by atoms with Crippen molar-refractivity contribution in [3.05, 3.63) is 42.2 Å². The summed E-state index contributed by atoms with van der Waals surface area (Å²) >= 11 is 5.00. The van der Waals surface area contributed by atoms with Gasteiger partial charge in [0.25, 0.3) is 0 Å². The van der Waals surface area contributed by atoms with Crippen LogP contribution in [0.25, 0.3) is 5.69 Å². The monoisotopic (exact) mass is 233 g/mol. The highest BCUT2D eigenvalue weighted by molar-refractivity contribution is 7.80. The lowest BCUT2D eigenvalue weighted by Crippen LogP contribution is -2.13. The fourth-order valence-electron chi connectivity index (χ4n) is 1.45. The normalized spacial score (nSPS) is 10.1. The second-order valence-corrected chi connectivity index (χ2v) is 3.64. The minimum Gasteiger partial charge on any atom is -0.497 e. The van der Waals surface area contributed by atoms with E-state index in [-0.39, 0.29) is 0 Å². The first-order chi connectivity index (χ1) is 7.72. The average Bonchev–Trinajstić information content (AvgIpc) is 2.81. The summed E-state index contributed by atoms with van der Waals surface area (Å²) in [5, 5.41) is 4.15. The molecule has 1 aromatic heterocycles. The Hall–Kier alpha value is -1.88. The summed E-state index contributed by atoms with van der Waals surface area (Å²) in [6, 6.07) is 7.34. The molecule has 2 aromatic rings. The van der Waals surface area contributed by atoms with Gasteiger partial charge in [-0.2, -0.15) is 5.10 Å². The van der Waals surface area contributed by atoms with Crippen molar-refractivity contribution in [2.75, 3.05) is 7.11 Å². The van der Waals surface area contributed by atoms with E-state index in [4.69, 9.17) is 22.7 Å². The molecule has 1 heterocycles. The molecule has 1 aromatic carbocycles. The smallest absolute Gasteiger partial charge is 0.121 e. The summed E-state index contributed by atoms with van der Waals surface area (Å²) in [5.41, 5.74) is 7.26. The molecular formula is C11H11N3OS. The number of ether oxygens (including phenoxy) is 1. The lowest BCUT2D eigenvalue weighted by atomic mass is 10.1. The van der Waals surface area contributed by atoms with Gasteiger partial charge in [-0.25, -0.2) is 4.68 Å². The molecule has 5 heteroatoms. The van der Waals surface area contributed by atoms with Crippen molar-refractivity contribution in [2.45, 2.75) is 0 Å². The highest BCUT2D eigenvalue weighted by Gasteiger charge is 2.08. The van der Waals surface area contributed by atoms with E-state index in [1.54, 1.807) is 18.0 Å². The number of methoxy groups -OCH3 is 1. The molecule has 2 N–H and O–H groups in total. The third-order valence-electron chi connectivity index (χ3n) is 2.22. The molecule has 0 aliphatic rings. The van der Waals surface area contributed by atoms with Crippen LogP contribution in [0.2, 0.25) is 0 Å². The largest absolute Gasteiger partial charge is 0.497 e. The summed E-state index contributed by atoms with van der Waals surface area (Å²) in [4.78, 5) is 0.341. The van der Waals surface area contributed by atoms with Crippen molar-refractivity contribution in [1.82, 2.24) is 9.78 Å². The van der Waals surface area contributed by atoms with Gasteiger partial charge in [-0.3, -0.25) is 0 Å². The summed E-state index contributed by atoms with van der Waals surface area (Å²) in [6.45, 7) is 0. The zero-order valence-corrected chi connectivity index (χ0v) is 9.57. The van der Waals surface area contributed by atoms with Crippen molar-refractivity contribution in [1.29, 1.82) is 0 Å². The zero-order chi connectivity index (χ0) is 11.5. The van der Waals surface area contributed by atoms with Gasteiger partial charge in [0, 0.05) is 24.0 Å². The van der Waals surface area contributed by atoms with Gasteiger partial charge in [-0.05, 0) is 18.2 Å². The SMILES string of the molecule is COc1ccc(C(N)=S)c(-n2cccn2)c1. The summed E-state index contributed by atoms with van der Waals surface area (Å²) in [7, 11) is 1.61. The number of benzene rings is 1. The Kier molecular flexibility index (Phi) is 2.87. The molecule has 0 saturated carbocycles. The molecule has 0 fully saturated rings. The predicted molar refractivity (Wildman–Crippen MR) is 66.0 cm³/mol. The van der Waals surface area contributed by atoms with Gasteiger partial charge in [0.15, 0.2) is 0 Å². The van der Waals surface area contributed by atoms with E-state index < -0.39 is 0 Å². The Morgan fingerprint density at radius 1 is 1.50 bits per heavy atom. The average molecular weight is 233 g/mol. The standard InChI is InChI=1S/C11H11N3OS/c1-15-8-3-4-9(11(12)16)10(7-8)14-6-2-5-13-14/h2-7H,1H3,(H2,12,16). The quantitative estimate of drug-likeness (QED) is 0.817. The summed E-state index contributed by atoms with van der Waals surface area (Å²) in [5.74, 6) is 0.741. The van der Waals surface area contributed by atoms with Crippen molar-refractivity contribution in [3.8, 4) is 11.4 Å². The number of nitrogens with two attached hydrogens (primary N) is 1. The van der Waals surface area contributed by atoms with E-state index in [1.165, 1.54) is 0 Å². The minimum atomic E-state index is 0.341. The third-order valence-corrected chi connectivity index (χ3v) is 2.44. The number of thiocarbonyl (C=S) groups is 1. The maximum atomic E-state index is 5.66. The van der Waals surface area contributed by atoms with Gasteiger partial charge < -0.3 is 10.5 Å². The first-order valence-corrected chi connectivity index (χ1v) is 5.11. The lowest BCUT2D eigenvalue weighted by Gasteiger charge is -2.10. The Morgan fingerprint density at radius 3 is 2.88 bits per heavy atom. The molecule has 16 heavy (non-hydrogen) atoms. The molecule has 0 unspecified atom stereocenters. The Morgan fingerprint density at radius 2 is 2.31 bits per heavy atom. The molecule has 0 radical (unpaired) electrons. The van der Waals surface area contributed by atoms with Crippen LogP contribution in [0, 0.1) is 0 Å². The maximum absolute atomic E-state index is 5.66. The molecule has 4 nitrogen and oxygen atoms in total. The minimum absolute atomic E-state index is 0.341. The van der Waals surface area contributed by atoms with Gasteiger partial charge in [-0.15, -0.1) is 0 Å². The molecule has 0 amide bonds. The van der Waals surface area contributed by atoms with Crippen LogP contribution in [0.1, 0.15) is 5.56 Å². The predicted octanol–water partition coefficient (Wildman–Crippen LogP) is 1.52.